The monoisotopic (exact) mass is 473 g/mol. The summed E-state index contributed by atoms with van der Waals surface area (Å²) >= 11 is 0. The molecule has 0 aliphatic carbocycles. The van der Waals surface area contributed by atoms with E-state index in [-0.39, 0.29) is 24.5 Å². The van der Waals surface area contributed by atoms with E-state index in [0.717, 1.165) is 33.5 Å². The highest BCUT2D eigenvalue weighted by atomic mass is 19.4. The molecule has 2 amide bonds. The van der Waals surface area contributed by atoms with Gasteiger partial charge in [0, 0.05) is 19.2 Å². The Balaban J connectivity index is 1.68. The molecule has 176 valence electrons. The Morgan fingerprint density at radius 2 is 1.70 bits per heavy atom. The molecule has 0 fully saturated rings. The Morgan fingerprint density at radius 3 is 2.36 bits per heavy atom. The van der Waals surface area contributed by atoms with Crippen LogP contribution in [0.3, 0.4) is 0 Å². The van der Waals surface area contributed by atoms with Crippen molar-refractivity contribution >= 4 is 11.7 Å². The summed E-state index contributed by atoms with van der Waals surface area (Å²) in [6.45, 7) is -0.348. The molecule has 0 saturated heterocycles. The van der Waals surface area contributed by atoms with Crippen LogP contribution >= 0.6 is 0 Å². The molecule has 7 nitrogen and oxygen atoms in total. The van der Waals surface area contributed by atoms with Gasteiger partial charge in [0.2, 0.25) is 0 Å². The first-order valence-electron chi connectivity index (χ1n) is 9.40. The van der Waals surface area contributed by atoms with E-state index >= 15 is 0 Å². The van der Waals surface area contributed by atoms with E-state index in [1.165, 1.54) is 31.3 Å². The number of aromatic nitrogens is 3. The average molecular weight is 473 g/mol. The zero-order valence-electron chi connectivity index (χ0n) is 17.0. The highest BCUT2D eigenvalue weighted by Gasteiger charge is 2.33. The van der Waals surface area contributed by atoms with Crippen molar-refractivity contribution in [2.75, 3.05) is 11.9 Å². The molecule has 1 aromatic heterocycles. The van der Waals surface area contributed by atoms with Gasteiger partial charge in [-0.1, -0.05) is 24.3 Å². The third kappa shape index (κ3) is 5.54. The lowest BCUT2D eigenvalue weighted by atomic mass is 10.1. The van der Waals surface area contributed by atoms with Crippen LogP contribution in [-0.2, 0) is 25.9 Å². The van der Waals surface area contributed by atoms with Gasteiger partial charge in [0.05, 0.1) is 23.4 Å². The quantitative estimate of drug-likeness (QED) is 0.548. The minimum absolute atomic E-state index is 0.0188. The normalized spacial score (nSPS) is 12.0. The number of rotatable bonds is 5. The van der Waals surface area contributed by atoms with Gasteiger partial charge in [0.1, 0.15) is 0 Å². The second-order valence-corrected chi connectivity index (χ2v) is 6.89. The number of urea groups is 1. The first kappa shape index (κ1) is 23.9. The molecule has 0 bridgehead atoms. The molecule has 13 heteroatoms. The largest absolute Gasteiger partial charge is 0.418 e. The Labute approximate surface area is 182 Å². The highest BCUT2D eigenvalue weighted by molar-refractivity contribution is 5.90. The number of nitrogens with zero attached hydrogens (tertiary/aromatic N) is 3. The molecular weight excluding hydrogens is 456 g/mol. The van der Waals surface area contributed by atoms with Gasteiger partial charge in [-0.25, -0.2) is 14.3 Å². The maximum atomic E-state index is 13.0. The predicted octanol–water partition coefficient (Wildman–Crippen LogP) is 4.11. The number of hydrogen-bond donors (Lipinski definition) is 2. The highest BCUT2D eigenvalue weighted by Crippen LogP contribution is 2.34. The number of benzene rings is 2. The van der Waals surface area contributed by atoms with Gasteiger partial charge in [0.15, 0.2) is 5.82 Å². The zero-order chi connectivity index (χ0) is 24.4. The molecule has 3 aromatic rings. The smallest absolute Gasteiger partial charge is 0.336 e. The molecule has 3 rings (SSSR count). The van der Waals surface area contributed by atoms with E-state index in [0.29, 0.717) is 0 Å². The van der Waals surface area contributed by atoms with Crippen molar-refractivity contribution in [1.82, 2.24) is 19.7 Å². The number of anilines is 1. The summed E-state index contributed by atoms with van der Waals surface area (Å²) in [4.78, 5) is 24.3. The van der Waals surface area contributed by atoms with Crippen molar-refractivity contribution < 1.29 is 31.1 Å². The van der Waals surface area contributed by atoms with E-state index in [1.807, 2.05) is 0 Å². The maximum Gasteiger partial charge on any atom is 0.418 e. The molecule has 0 spiro atoms. The molecule has 0 radical (unpaired) electrons. The van der Waals surface area contributed by atoms with E-state index in [9.17, 15) is 35.9 Å². The first-order chi connectivity index (χ1) is 15.4. The topological polar surface area (TPSA) is 81.0 Å². The second kappa shape index (κ2) is 9.00. The van der Waals surface area contributed by atoms with Crippen LogP contribution in [0, 0.1) is 0 Å². The number of nitrogens with one attached hydrogen (secondary N) is 2. The first-order valence-corrected chi connectivity index (χ1v) is 9.40. The molecule has 2 N–H and O–H groups in total. The maximum absolute atomic E-state index is 13.0. The molecule has 1 heterocycles. The molecule has 0 unspecified atom stereocenters. The number of halogens is 6. The number of alkyl halides is 6. The summed E-state index contributed by atoms with van der Waals surface area (Å²) in [5.74, 6) is -0.0188. The van der Waals surface area contributed by atoms with Crippen molar-refractivity contribution in [1.29, 1.82) is 0 Å². The van der Waals surface area contributed by atoms with Crippen LogP contribution in [0.4, 0.5) is 36.8 Å². The van der Waals surface area contributed by atoms with Crippen LogP contribution in [0.25, 0.3) is 11.4 Å². The van der Waals surface area contributed by atoms with Crippen molar-refractivity contribution in [2.45, 2.75) is 18.9 Å². The molecule has 2 aromatic carbocycles. The van der Waals surface area contributed by atoms with Gasteiger partial charge in [0.25, 0.3) is 0 Å². The number of carbonyl (C=O) groups is 1. The van der Waals surface area contributed by atoms with Crippen LogP contribution in [0.5, 0.6) is 0 Å². The van der Waals surface area contributed by atoms with E-state index in [1.54, 1.807) is 0 Å². The summed E-state index contributed by atoms with van der Waals surface area (Å²) in [6, 6.07) is 7.78. The third-order valence-corrected chi connectivity index (χ3v) is 4.58. The SMILES string of the molecule is Cn1c(-c2cccc(C(F)(F)F)c2)nn(CCNC(=O)Nc2ccccc2C(F)(F)F)c1=O. The van der Waals surface area contributed by atoms with E-state index < -0.39 is 40.9 Å². The van der Waals surface area contributed by atoms with E-state index in [2.05, 4.69) is 15.7 Å². The van der Waals surface area contributed by atoms with Gasteiger partial charge in [-0.2, -0.15) is 26.3 Å². The lowest BCUT2D eigenvalue weighted by Gasteiger charge is -2.13. The molecular formula is C20H17F6N5O2. The van der Waals surface area contributed by atoms with Gasteiger partial charge in [-0.3, -0.25) is 4.57 Å². The molecule has 0 atom stereocenters. The summed E-state index contributed by atoms with van der Waals surface area (Å²) in [7, 11) is 1.33. The van der Waals surface area contributed by atoms with Crippen molar-refractivity contribution in [3.8, 4) is 11.4 Å². The summed E-state index contributed by atoms with van der Waals surface area (Å²) in [5, 5.41) is 8.41. The predicted molar refractivity (Wildman–Crippen MR) is 106 cm³/mol. The lowest BCUT2D eigenvalue weighted by Crippen LogP contribution is -2.34. The molecule has 0 saturated carbocycles. The Kier molecular flexibility index (Phi) is 6.51. The van der Waals surface area contributed by atoms with Crippen LogP contribution in [0.1, 0.15) is 11.1 Å². The van der Waals surface area contributed by atoms with Gasteiger partial charge in [-0.15, -0.1) is 5.10 Å². The van der Waals surface area contributed by atoms with Gasteiger partial charge >= 0.3 is 24.1 Å². The Bertz CT molecular complexity index is 1210. The van der Waals surface area contributed by atoms with Crippen LogP contribution in [0.2, 0.25) is 0 Å². The van der Waals surface area contributed by atoms with Crippen molar-refractivity contribution in [3.63, 3.8) is 0 Å². The summed E-state index contributed by atoms with van der Waals surface area (Å²) in [6.07, 6.45) is -9.23. The number of para-hydroxylation sites is 1. The van der Waals surface area contributed by atoms with Crippen molar-refractivity contribution in [2.24, 2.45) is 7.05 Å². The Morgan fingerprint density at radius 1 is 1.00 bits per heavy atom. The minimum atomic E-state index is -4.66. The van der Waals surface area contributed by atoms with Gasteiger partial charge in [-0.05, 0) is 24.3 Å². The Hall–Kier alpha value is -3.77. The molecule has 0 aliphatic rings. The molecule has 0 aliphatic heterocycles. The number of hydrogen-bond acceptors (Lipinski definition) is 3. The number of amides is 2. The summed E-state index contributed by atoms with van der Waals surface area (Å²) in [5.41, 5.74) is -2.94. The standard InChI is InChI=1S/C20H17F6N5O2/c1-30-16(12-5-4-6-13(11-12)19(21,22)23)29-31(18(30)33)10-9-27-17(32)28-15-8-3-2-7-14(15)20(24,25)26/h2-8,11H,9-10H2,1H3,(H2,27,28,32). The fraction of sp³-hybridized carbons (Fsp3) is 0.250. The van der Waals surface area contributed by atoms with Gasteiger partial charge < -0.3 is 10.6 Å². The van der Waals surface area contributed by atoms with E-state index in [4.69, 9.17) is 0 Å². The van der Waals surface area contributed by atoms with Crippen LogP contribution < -0.4 is 16.3 Å². The third-order valence-electron chi connectivity index (χ3n) is 4.58. The fourth-order valence-corrected chi connectivity index (χ4v) is 3.00. The lowest BCUT2D eigenvalue weighted by molar-refractivity contribution is -0.138. The van der Waals surface area contributed by atoms with Crippen LogP contribution in [0.15, 0.2) is 53.3 Å². The van der Waals surface area contributed by atoms with Crippen LogP contribution in [-0.4, -0.2) is 26.9 Å². The number of carbonyl (C=O) groups excluding carboxylic acids is 1. The summed E-state index contributed by atoms with van der Waals surface area (Å²) < 4.78 is 79.9. The zero-order valence-corrected chi connectivity index (χ0v) is 17.0. The average Bonchev–Trinajstić information content (AvgIpc) is 3.01. The second-order valence-electron chi connectivity index (χ2n) is 6.89. The minimum Gasteiger partial charge on any atom is -0.336 e. The van der Waals surface area contributed by atoms with Crippen molar-refractivity contribution in [3.05, 3.63) is 70.1 Å². The molecule has 33 heavy (non-hydrogen) atoms. The fourth-order valence-electron chi connectivity index (χ4n) is 3.00.